The molecule has 4 amide bonds. The highest BCUT2D eigenvalue weighted by Crippen LogP contribution is 2.05. The van der Waals surface area contributed by atoms with Crippen molar-refractivity contribution in [2.24, 2.45) is 0 Å². The Kier molecular flexibility index (Phi) is 5.90. The summed E-state index contributed by atoms with van der Waals surface area (Å²) in [6.07, 6.45) is 0.0897. The summed E-state index contributed by atoms with van der Waals surface area (Å²) in [6.45, 7) is 2.16. The van der Waals surface area contributed by atoms with E-state index in [1.165, 1.54) is 18.2 Å². The maximum atomic E-state index is 13.4. The maximum absolute atomic E-state index is 13.4. The molecular weight excluding hydrogens is 303 g/mol. The topological polar surface area (TPSA) is 90.5 Å². The molecule has 1 aliphatic heterocycles. The number of amides is 4. The monoisotopic (exact) mass is 322 g/mol. The number of halogens is 1. The molecule has 0 aliphatic carbocycles. The van der Waals surface area contributed by atoms with Crippen molar-refractivity contribution in [2.45, 2.75) is 6.42 Å². The number of hydrogen-bond acceptors (Lipinski definition) is 3. The third-order valence-electron chi connectivity index (χ3n) is 3.41. The lowest BCUT2D eigenvalue weighted by Gasteiger charge is -2.14. The van der Waals surface area contributed by atoms with Crippen LogP contribution in [0.5, 0.6) is 0 Å². The van der Waals surface area contributed by atoms with Crippen molar-refractivity contribution in [3.8, 4) is 0 Å². The number of benzene rings is 1. The fraction of sp³-hybridized carbons (Fsp3) is 0.400. The van der Waals surface area contributed by atoms with E-state index < -0.39 is 11.7 Å². The molecule has 3 N–H and O–H groups in total. The Morgan fingerprint density at radius 1 is 1.22 bits per heavy atom. The Hall–Kier alpha value is -2.64. The Morgan fingerprint density at radius 3 is 2.70 bits per heavy atom. The molecule has 1 aromatic rings. The van der Waals surface area contributed by atoms with Crippen LogP contribution in [0.4, 0.5) is 9.18 Å². The molecule has 0 unspecified atom stereocenters. The van der Waals surface area contributed by atoms with Crippen molar-refractivity contribution in [3.05, 3.63) is 35.6 Å². The van der Waals surface area contributed by atoms with Crippen LogP contribution < -0.4 is 16.0 Å². The summed E-state index contributed by atoms with van der Waals surface area (Å²) >= 11 is 0. The molecule has 124 valence electrons. The summed E-state index contributed by atoms with van der Waals surface area (Å²) in [5, 5.41) is 7.83. The first-order chi connectivity index (χ1) is 11.1. The average molecular weight is 322 g/mol. The largest absolute Gasteiger partial charge is 0.354 e. The molecule has 0 saturated carbocycles. The van der Waals surface area contributed by atoms with E-state index in [4.69, 9.17) is 0 Å². The number of carbonyl (C=O) groups is 3. The summed E-state index contributed by atoms with van der Waals surface area (Å²) in [5.41, 5.74) is -0.0482. The van der Waals surface area contributed by atoms with Gasteiger partial charge < -0.3 is 20.9 Å². The van der Waals surface area contributed by atoms with Crippen LogP contribution in [0.2, 0.25) is 0 Å². The number of rotatable bonds is 7. The second-order valence-electron chi connectivity index (χ2n) is 5.05. The van der Waals surface area contributed by atoms with E-state index in [1.54, 1.807) is 11.0 Å². The number of hydrogen-bond donors (Lipinski definition) is 3. The summed E-state index contributed by atoms with van der Waals surface area (Å²) in [7, 11) is 0. The van der Waals surface area contributed by atoms with Crippen molar-refractivity contribution in [3.63, 3.8) is 0 Å². The van der Waals surface area contributed by atoms with Crippen LogP contribution >= 0.6 is 0 Å². The Morgan fingerprint density at radius 2 is 2.00 bits per heavy atom. The van der Waals surface area contributed by atoms with E-state index >= 15 is 0 Å². The smallest absolute Gasteiger partial charge is 0.317 e. The Balaban J connectivity index is 1.62. The first kappa shape index (κ1) is 16.7. The van der Waals surface area contributed by atoms with Crippen molar-refractivity contribution in [2.75, 3.05) is 32.7 Å². The van der Waals surface area contributed by atoms with Gasteiger partial charge in [0.2, 0.25) is 5.91 Å². The van der Waals surface area contributed by atoms with Gasteiger partial charge in [-0.3, -0.25) is 9.59 Å². The van der Waals surface area contributed by atoms with E-state index in [0.717, 1.165) is 0 Å². The zero-order valence-corrected chi connectivity index (χ0v) is 12.6. The van der Waals surface area contributed by atoms with Crippen LogP contribution in [-0.2, 0) is 4.79 Å². The first-order valence-corrected chi connectivity index (χ1v) is 7.40. The fourth-order valence-corrected chi connectivity index (χ4v) is 2.17. The highest BCUT2D eigenvalue weighted by molar-refractivity contribution is 5.94. The van der Waals surface area contributed by atoms with E-state index in [-0.39, 0.29) is 30.5 Å². The van der Waals surface area contributed by atoms with Crippen LogP contribution in [0.1, 0.15) is 16.8 Å². The van der Waals surface area contributed by atoms with Crippen molar-refractivity contribution < 1.29 is 18.8 Å². The van der Waals surface area contributed by atoms with Gasteiger partial charge in [-0.1, -0.05) is 12.1 Å². The molecule has 7 nitrogen and oxygen atoms in total. The quantitative estimate of drug-likeness (QED) is 0.664. The number of urea groups is 1. The number of nitrogens with one attached hydrogen (secondary N) is 3. The number of carbonyl (C=O) groups excluding carboxylic acids is 3. The molecule has 0 spiro atoms. The molecule has 1 fully saturated rings. The molecular formula is C15H19FN4O3. The van der Waals surface area contributed by atoms with Crippen LogP contribution in [0, 0.1) is 5.82 Å². The Bertz CT molecular complexity index is 594. The minimum Gasteiger partial charge on any atom is -0.354 e. The molecule has 0 bridgehead atoms. The molecule has 0 radical (unpaired) electrons. The molecule has 1 heterocycles. The summed E-state index contributed by atoms with van der Waals surface area (Å²) in [5.74, 6) is -1.39. The van der Waals surface area contributed by atoms with Crippen LogP contribution in [0.25, 0.3) is 0 Å². The van der Waals surface area contributed by atoms with Gasteiger partial charge in [0, 0.05) is 39.1 Å². The lowest BCUT2D eigenvalue weighted by molar-refractivity contribution is -0.120. The fourth-order valence-electron chi connectivity index (χ4n) is 2.17. The lowest BCUT2D eigenvalue weighted by atomic mass is 10.2. The van der Waals surface area contributed by atoms with E-state index in [9.17, 15) is 18.8 Å². The third-order valence-corrected chi connectivity index (χ3v) is 3.41. The molecule has 2 rings (SSSR count). The summed E-state index contributed by atoms with van der Waals surface area (Å²) in [6, 6.07) is 5.53. The van der Waals surface area contributed by atoms with Gasteiger partial charge in [0.15, 0.2) is 0 Å². The third kappa shape index (κ3) is 4.94. The van der Waals surface area contributed by atoms with Crippen LogP contribution in [-0.4, -0.2) is 55.5 Å². The van der Waals surface area contributed by atoms with Gasteiger partial charge in [-0.15, -0.1) is 0 Å². The van der Waals surface area contributed by atoms with Gasteiger partial charge in [0.1, 0.15) is 5.82 Å². The zero-order valence-electron chi connectivity index (χ0n) is 12.6. The van der Waals surface area contributed by atoms with E-state index in [2.05, 4.69) is 16.0 Å². The van der Waals surface area contributed by atoms with Gasteiger partial charge in [-0.25, -0.2) is 9.18 Å². The number of nitrogens with zero attached hydrogens (tertiary/aromatic N) is 1. The van der Waals surface area contributed by atoms with Crippen LogP contribution in [0.15, 0.2) is 24.3 Å². The van der Waals surface area contributed by atoms with Crippen molar-refractivity contribution in [1.29, 1.82) is 0 Å². The van der Waals surface area contributed by atoms with Gasteiger partial charge in [-0.05, 0) is 12.1 Å². The molecule has 1 saturated heterocycles. The molecule has 1 aliphatic rings. The minimum absolute atomic E-state index is 0.0482. The summed E-state index contributed by atoms with van der Waals surface area (Å²) in [4.78, 5) is 36.3. The molecule has 0 atom stereocenters. The highest BCUT2D eigenvalue weighted by Gasteiger charge is 2.18. The normalized spacial score (nSPS) is 13.6. The Labute approximate surface area is 133 Å². The van der Waals surface area contributed by atoms with Gasteiger partial charge in [0.25, 0.3) is 5.91 Å². The standard InChI is InChI=1S/C15H19FN4O3/c16-12-4-2-1-3-11(12)14(22)18-6-5-13(21)17-7-9-20-10-8-19-15(20)23/h1-4H,5-10H2,(H,17,21)(H,18,22)(H,19,23). The second kappa shape index (κ2) is 8.11. The SMILES string of the molecule is O=C(CCNC(=O)c1ccccc1F)NCCN1CCNC1=O. The lowest BCUT2D eigenvalue weighted by Crippen LogP contribution is -2.37. The minimum atomic E-state index is -0.599. The molecule has 1 aromatic carbocycles. The second-order valence-corrected chi connectivity index (χ2v) is 5.05. The molecule has 8 heteroatoms. The van der Waals surface area contributed by atoms with E-state index in [0.29, 0.717) is 26.2 Å². The predicted octanol–water partition coefficient (Wildman–Crippen LogP) is 0.0870. The first-order valence-electron chi connectivity index (χ1n) is 7.40. The highest BCUT2D eigenvalue weighted by atomic mass is 19.1. The summed E-state index contributed by atoms with van der Waals surface area (Å²) < 4.78 is 13.4. The predicted molar refractivity (Wildman–Crippen MR) is 81.3 cm³/mol. The zero-order chi connectivity index (χ0) is 16.7. The van der Waals surface area contributed by atoms with Gasteiger partial charge in [0.05, 0.1) is 5.56 Å². The molecule has 23 heavy (non-hydrogen) atoms. The maximum Gasteiger partial charge on any atom is 0.317 e. The van der Waals surface area contributed by atoms with Gasteiger partial charge in [-0.2, -0.15) is 0 Å². The van der Waals surface area contributed by atoms with Crippen LogP contribution in [0.3, 0.4) is 0 Å². The van der Waals surface area contributed by atoms with Gasteiger partial charge >= 0.3 is 6.03 Å². The van der Waals surface area contributed by atoms with Crippen molar-refractivity contribution in [1.82, 2.24) is 20.9 Å². The average Bonchev–Trinajstić information content (AvgIpc) is 2.93. The van der Waals surface area contributed by atoms with E-state index in [1.807, 2.05) is 0 Å². The van der Waals surface area contributed by atoms with Crippen molar-refractivity contribution >= 4 is 17.8 Å². The molecule has 0 aromatic heterocycles.